The van der Waals surface area contributed by atoms with Gasteiger partial charge in [-0.3, -0.25) is 14.4 Å². The van der Waals surface area contributed by atoms with E-state index < -0.39 is 28.6 Å². The van der Waals surface area contributed by atoms with Crippen molar-refractivity contribution in [1.82, 2.24) is 0 Å². The number of Topliss-reactive ketones (excluding diaryl/α,β-unsaturated/α-hetero) is 3. The summed E-state index contributed by atoms with van der Waals surface area (Å²) >= 11 is 0. The number of ketones is 3. The van der Waals surface area contributed by atoms with Gasteiger partial charge in [0.25, 0.3) is 0 Å². The second-order valence-corrected chi connectivity index (χ2v) is 4.56. The highest BCUT2D eigenvalue weighted by molar-refractivity contribution is 6.26. The van der Waals surface area contributed by atoms with Gasteiger partial charge in [0.1, 0.15) is 0 Å². The van der Waals surface area contributed by atoms with Gasteiger partial charge in [0.05, 0.1) is 5.60 Å². The Morgan fingerprint density at radius 3 is 1.13 bits per heavy atom. The van der Waals surface area contributed by atoms with Crippen molar-refractivity contribution in [3.8, 4) is 0 Å². The van der Waals surface area contributed by atoms with Crippen LogP contribution in [-0.4, -0.2) is 28.6 Å². The van der Waals surface area contributed by atoms with Gasteiger partial charge >= 0.3 is 0 Å². The van der Waals surface area contributed by atoms with Crippen molar-refractivity contribution in [3.63, 3.8) is 0 Å². The fourth-order valence-corrected chi connectivity index (χ4v) is 1.42. The predicted molar refractivity (Wildman–Crippen MR) is 55.6 cm³/mol. The molecule has 0 rings (SSSR count). The molecule has 0 unspecified atom stereocenters. The minimum Gasteiger partial charge on any atom is -0.347 e. The quantitative estimate of drug-likeness (QED) is 0.662. The molecule has 0 radical (unpaired) electrons. The highest BCUT2D eigenvalue weighted by Crippen LogP contribution is 2.23. The maximum atomic E-state index is 11.5. The van der Waals surface area contributed by atoms with E-state index in [9.17, 15) is 14.4 Å². The van der Waals surface area contributed by atoms with Crippen LogP contribution >= 0.6 is 0 Å². The van der Waals surface area contributed by atoms with Crippen molar-refractivity contribution in [3.05, 3.63) is 0 Å². The van der Waals surface area contributed by atoms with E-state index in [1.165, 1.54) is 20.8 Å². The molecule has 15 heavy (non-hydrogen) atoms. The first-order chi connectivity index (χ1) is 6.54. The van der Waals surface area contributed by atoms with Gasteiger partial charge < -0.3 is 4.74 Å². The van der Waals surface area contributed by atoms with E-state index in [0.717, 1.165) is 0 Å². The van der Waals surface area contributed by atoms with E-state index in [2.05, 4.69) is 0 Å². The van der Waals surface area contributed by atoms with Crippen molar-refractivity contribution in [2.75, 3.05) is 0 Å². The molecule has 0 spiro atoms. The fraction of sp³-hybridized carbons (Fsp3) is 0.727. The van der Waals surface area contributed by atoms with Crippen LogP contribution < -0.4 is 0 Å². The zero-order chi connectivity index (χ0) is 12.4. The third-order valence-corrected chi connectivity index (χ3v) is 1.95. The smallest absolute Gasteiger partial charge is 0.242 e. The summed E-state index contributed by atoms with van der Waals surface area (Å²) in [5.41, 5.74) is -2.67. The molecule has 86 valence electrons. The topological polar surface area (TPSA) is 60.4 Å². The molecule has 0 heterocycles. The molecule has 4 heteroatoms. The van der Waals surface area contributed by atoms with Crippen LogP contribution in [0.5, 0.6) is 0 Å². The van der Waals surface area contributed by atoms with Crippen LogP contribution in [0.1, 0.15) is 41.5 Å². The predicted octanol–water partition coefficient (Wildman–Crippen LogP) is 1.31. The minimum absolute atomic E-state index is 0.572. The normalized spacial score (nSPS) is 12.4. The monoisotopic (exact) mass is 214 g/mol. The Hall–Kier alpha value is -1.03. The first-order valence-electron chi connectivity index (χ1n) is 4.77. The lowest BCUT2D eigenvalue weighted by Crippen LogP contribution is -2.56. The van der Waals surface area contributed by atoms with E-state index in [-0.39, 0.29) is 0 Å². The summed E-state index contributed by atoms with van der Waals surface area (Å²) in [6, 6.07) is 0. The maximum Gasteiger partial charge on any atom is 0.242 e. The average Bonchev–Trinajstić information content (AvgIpc) is 1.96. The number of hydrogen-bond acceptors (Lipinski definition) is 4. The van der Waals surface area contributed by atoms with Gasteiger partial charge in [0.15, 0.2) is 17.3 Å². The molecule has 0 aromatic rings. The Labute approximate surface area is 90.0 Å². The van der Waals surface area contributed by atoms with Gasteiger partial charge in [0, 0.05) is 0 Å². The highest BCUT2D eigenvalue weighted by atomic mass is 16.5. The zero-order valence-electron chi connectivity index (χ0n) is 10.1. The van der Waals surface area contributed by atoms with Crippen LogP contribution in [-0.2, 0) is 19.1 Å². The summed E-state index contributed by atoms with van der Waals surface area (Å²) in [5.74, 6) is -1.72. The summed E-state index contributed by atoms with van der Waals surface area (Å²) in [6.07, 6.45) is 0. The SMILES string of the molecule is CC(=O)C(OC(C)(C)C)(C(C)=O)C(C)=O. The summed E-state index contributed by atoms with van der Waals surface area (Å²) in [7, 11) is 0. The van der Waals surface area contributed by atoms with Crippen LogP contribution in [0, 0.1) is 0 Å². The molecule has 0 aliphatic rings. The third-order valence-electron chi connectivity index (χ3n) is 1.95. The van der Waals surface area contributed by atoms with Gasteiger partial charge in [-0.1, -0.05) is 0 Å². The molecular weight excluding hydrogens is 196 g/mol. The maximum absolute atomic E-state index is 11.5. The van der Waals surface area contributed by atoms with Crippen molar-refractivity contribution in [1.29, 1.82) is 0 Å². The molecule has 0 aliphatic heterocycles. The van der Waals surface area contributed by atoms with Crippen LogP contribution in [0.3, 0.4) is 0 Å². The standard InChI is InChI=1S/C11H18O4/c1-7(12)11(8(2)13,9(3)14)15-10(4,5)6/h1-6H3. The Balaban J connectivity index is 5.45. The molecule has 0 saturated heterocycles. The lowest BCUT2D eigenvalue weighted by molar-refractivity contribution is -0.177. The molecule has 0 aliphatic carbocycles. The average molecular weight is 214 g/mol. The fourth-order valence-electron chi connectivity index (χ4n) is 1.42. The van der Waals surface area contributed by atoms with E-state index in [0.29, 0.717) is 0 Å². The second-order valence-electron chi connectivity index (χ2n) is 4.56. The number of rotatable bonds is 4. The number of carbonyl (C=O) groups is 3. The number of carbonyl (C=O) groups excluding carboxylic acids is 3. The Morgan fingerprint density at radius 2 is 1.07 bits per heavy atom. The number of ether oxygens (including phenoxy) is 1. The molecule has 0 atom stereocenters. The first kappa shape index (κ1) is 14.0. The Morgan fingerprint density at radius 1 is 0.800 bits per heavy atom. The summed E-state index contributed by atoms with van der Waals surface area (Å²) in [6.45, 7) is 8.64. The van der Waals surface area contributed by atoms with E-state index >= 15 is 0 Å². The van der Waals surface area contributed by atoms with E-state index in [1.54, 1.807) is 20.8 Å². The molecule has 4 nitrogen and oxygen atoms in total. The first-order valence-corrected chi connectivity index (χ1v) is 4.77. The summed E-state index contributed by atoms with van der Waals surface area (Å²) in [4.78, 5) is 34.4. The molecule has 0 aromatic heterocycles. The summed E-state index contributed by atoms with van der Waals surface area (Å²) in [5, 5.41) is 0. The summed E-state index contributed by atoms with van der Waals surface area (Å²) < 4.78 is 5.36. The van der Waals surface area contributed by atoms with Crippen LogP contribution in [0.2, 0.25) is 0 Å². The van der Waals surface area contributed by atoms with E-state index in [4.69, 9.17) is 4.74 Å². The molecule has 0 saturated carbocycles. The molecule has 0 bridgehead atoms. The van der Waals surface area contributed by atoms with Gasteiger partial charge in [-0.05, 0) is 41.5 Å². The van der Waals surface area contributed by atoms with Crippen molar-refractivity contribution in [2.24, 2.45) is 0 Å². The molecule has 0 amide bonds. The van der Waals surface area contributed by atoms with E-state index in [1.807, 2.05) is 0 Å². The number of hydrogen-bond donors (Lipinski definition) is 0. The largest absolute Gasteiger partial charge is 0.347 e. The third kappa shape index (κ3) is 2.96. The lowest BCUT2D eigenvalue weighted by Gasteiger charge is -2.33. The van der Waals surface area contributed by atoms with Crippen LogP contribution in [0.4, 0.5) is 0 Å². The molecule has 0 N–H and O–H groups in total. The molecular formula is C11H18O4. The Kier molecular flexibility index (Phi) is 3.94. The second kappa shape index (κ2) is 4.23. The Bertz CT molecular complexity index is 260. The zero-order valence-corrected chi connectivity index (χ0v) is 10.1. The lowest BCUT2D eigenvalue weighted by atomic mass is 9.89. The van der Waals surface area contributed by atoms with Crippen molar-refractivity contribution >= 4 is 17.3 Å². The highest BCUT2D eigenvalue weighted by Gasteiger charge is 2.49. The van der Waals surface area contributed by atoms with Gasteiger partial charge in [0.2, 0.25) is 5.60 Å². The van der Waals surface area contributed by atoms with Crippen molar-refractivity contribution in [2.45, 2.75) is 52.7 Å². The molecule has 0 fully saturated rings. The van der Waals surface area contributed by atoms with Gasteiger partial charge in [-0.15, -0.1) is 0 Å². The van der Waals surface area contributed by atoms with Gasteiger partial charge in [-0.25, -0.2) is 0 Å². The van der Waals surface area contributed by atoms with Gasteiger partial charge in [-0.2, -0.15) is 0 Å². The van der Waals surface area contributed by atoms with Crippen LogP contribution in [0.25, 0.3) is 0 Å². The molecule has 0 aromatic carbocycles. The van der Waals surface area contributed by atoms with Crippen LogP contribution in [0.15, 0.2) is 0 Å². The van der Waals surface area contributed by atoms with Crippen molar-refractivity contribution < 1.29 is 19.1 Å². The minimum atomic E-state index is -1.93.